The lowest BCUT2D eigenvalue weighted by Crippen LogP contribution is -2.58. The molecule has 1 heterocycles. The third-order valence-corrected chi connectivity index (χ3v) is 5.81. The minimum absolute atomic E-state index is 0.0914. The minimum Gasteiger partial charge on any atom is -0.385 e. The third-order valence-electron chi connectivity index (χ3n) is 5.81. The maximum absolute atomic E-state index is 14.8. The molecular weight excluding hydrogens is 355 g/mol. The molecule has 1 amide bonds. The number of halogens is 1. The second-order valence-electron chi connectivity index (χ2n) is 7.89. The highest BCUT2D eigenvalue weighted by Crippen LogP contribution is 2.47. The van der Waals surface area contributed by atoms with Crippen LogP contribution in [0.4, 0.5) is 10.1 Å². The van der Waals surface area contributed by atoms with Crippen molar-refractivity contribution in [2.24, 2.45) is 16.1 Å². The van der Waals surface area contributed by atoms with Crippen LogP contribution in [0.3, 0.4) is 0 Å². The monoisotopic (exact) mass is 382 g/mol. The highest BCUT2D eigenvalue weighted by molar-refractivity contribution is 6.01. The second-order valence-corrected chi connectivity index (χ2v) is 7.89. The SMILES string of the molecule is CN1C(=O)C(C)(C)[C@@](C)(c2cc(NCCc3ccccc3)ccc2F)N=C1N. The zero-order valence-corrected chi connectivity index (χ0v) is 16.8. The van der Waals surface area contributed by atoms with Crippen LogP contribution in [-0.2, 0) is 16.8 Å². The molecule has 6 heteroatoms. The second kappa shape index (κ2) is 7.26. The summed E-state index contributed by atoms with van der Waals surface area (Å²) in [5.74, 6) is -0.504. The molecule has 5 nitrogen and oxygen atoms in total. The van der Waals surface area contributed by atoms with Crippen molar-refractivity contribution in [1.29, 1.82) is 0 Å². The molecule has 0 saturated heterocycles. The van der Waals surface area contributed by atoms with Crippen molar-refractivity contribution in [3.63, 3.8) is 0 Å². The van der Waals surface area contributed by atoms with E-state index >= 15 is 0 Å². The van der Waals surface area contributed by atoms with E-state index in [4.69, 9.17) is 5.73 Å². The van der Waals surface area contributed by atoms with E-state index in [2.05, 4.69) is 22.4 Å². The Morgan fingerprint density at radius 1 is 1.14 bits per heavy atom. The first-order chi connectivity index (χ1) is 13.2. The summed E-state index contributed by atoms with van der Waals surface area (Å²) in [4.78, 5) is 18.6. The van der Waals surface area contributed by atoms with Crippen molar-refractivity contribution in [2.75, 3.05) is 18.9 Å². The molecule has 1 atom stereocenters. The summed E-state index contributed by atoms with van der Waals surface area (Å²) >= 11 is 0. The number of aliphatic imine (C=N–C) groups is 1. The number of nitrogens with two attached hydrogens (primary N) is 1. The van der Waals surface area contributed by atoms with Gasteiger partial charge in [-0.25, -0.2) is 9.38 Å². The number of guanidine groups is 1. The molecule has 2 aromatic carbocycles. The van der Waals surface area contributed by atoms with Crippen LogP contribution in [0.2, 0.25) is 0 Å². The van der Waals surface area contributed by atoms with Crippen molar-refractivity contribution in [1.82, 2.24) is 4.90 Å². The number of hydrogen-bond donors (Lipinski definition) is 2. The van der Waals surface area contributed by atoms with Crippen LogP contribution in [0.5, 0.6) is 0 Å². The number of nitrogens with zero attached hydrogens (tertiary/aromatic N) is 2. The Bertz CT molecular complexity index is 910. The van der Waals surface area contributed by atoms with Crippen molar-refractivity contribution in [2.45, 2.75) is 32.7 Å². The predicted octanol–water partition coefficient (Wildman–Crippen LogP) is 3.51. The Kier molecular flexibility index (Phi) is 5.15. The zero-order chi connectivity index (χ0) is 20.5. The highest BCUT2D eigenvalue weighted by Gasteiger charge is 2.53. The predicted molar refractivity (Wildman–Crippen MR) is 111 cm³/mol. The van der Waals surface area contributed by atoms with E-state index in [0.29, 0.717) is 12.1 Å². The molecule has 0 fully saturated rings. The van der Waals surface area contributed by atoms with Crippen LogP contribution in [0.1, 0.15) is 31.9 Å². The van der Waals surface area contributed by atoms with Crippen LogP contribution in [0, 0.1) is 11.2 Å². The van der Waals surface area contributed by atoms with Crippen LogP contribution >= 0.6 is 0 Å². The lowest BCUT2D eigenvalue weighted by atomic mass is 9.67. The van der Waals surface area contributed by atoms with Gasteiger partial charge in [0.1, 0.15) is 11.4 Å². The van der Waals surface area contributed by atoms with Gasteiger partial charge in [0.05, 0.1) is 5.41 Å². The summed E-state index contributed by atoms with van der Waals surface area (Å²) in [6, 6.07) is 15.0. The van der Waals surface area contributed by atoms with Crippen LogP contribution in [-0.4, -0.2) is 30.4 Å². The van der Waals surface area contributed by atoms with E-state index in [1.54, 1.807) is 40.0 Å². The Morgan fingerprint density at radius 2 is 1.82 bits per heavy atom. The molecule has 28 heavy (non-hydrogen) atoms. The van der Waals surface area contributed by atoms with Gasteiger partial charge in [-0.15, -0.1) is 0 Å². The van der Waals surface area contributed by atoms with E-state index in [1.807, 2.05) is 18.2 Å². The van der Waals surface area contributed by atoms with E-state index in [1.165, 1.54) is 16.5 Å². The molecule has 3 N–H and O–H groups in total. The van der Waals surface area contributed by atoms with Gasteiger partial charge in [-0.1, -0.05) is 30.3 Å². The molecule has 0 saturated carbocycles. The molecule has 0 bridgehead atoms. The van der Waals surface area contributed by atoms with Gasteiger partial charge < -0.3 is 11.1 Å². The molecule has 2 aromatic rings. The van der Waals surface area contributed by atoms with Crippen LogP contribution in [0.15, 0.2) is 53.5 Å². The maximum Gasteiger partial charge on any atom is 0.237 e. The molecule has 0 unspecified atom stereocenters. The lowest BCUT2D eigenvalue weighted by molar-refractivity contribution is -0.140. The first-order valence-corrected chi connectivity index (χ1v) is 9.38. The molecule has 148 valence electrons. The quantitative estimate of drug-likeness (QED) is 0.831. The summed E-state index contributed by atoms with van der Waals surface area (Å²) in [6.07, 6.45) is 0.852. The first kappa shape index (κ1) is 19.9. The largest absolute Gasteiger partial charge is 0.385 e. The third kappa shape index (κ3) is 3.35. The average molecular weight is 382 g/mol. The summed E-state index contributed by atoms with van der Waals surface area (Å²) in [5.41, 5.74) is 6.25. The number of carbonyl (C=O) groups is 1. The summed E-state index contributed by atoms with van der Waals surface area (Å²) in [7, 11) is 1.58. The van der Waals surface area contributed by atoms with Crippen molar-refractivity contribution >= 4 is 17.6 Å². The van der Waals surface area contributed by atoms with Crippen molar-refractivity contribution in [3.8, 4) is 0 Å². The van der Waals surface area contributed by atoms with Gasteiger partial charge >= 0.3 is 0 Å². The Balaban J connectivity index is 1.89. The number of benzene rings is 2. The van der Waals surface area contributed by atoms with Gasteiger partial charge in [0.15, 0.2) is 5.96 Å². The van der Waals surface area contributed by atoms with E-state index < -0.39 is 16.8 Å². The average Bonchev–Trinajstić information content (AvgIpc) is 2.67. The van der Waals surface area contributed by atoms with Crippen LogP contribution < -0.4 is 11.1 Å². The number of nitrogens with one attached hydrogen (secondary N) is 1. The molecule has 0 radical (unpaired) electrons. The normalized spacial score (nSPS) is 21.4. The summed E-state index contributed by atoms with van der Waals surface area (Å²) in [5, 5.41) is 3.33. The number of amides is 1. The fourth-order valence-corrected chi connectivity index (χ4v) is 3.58. The van der Waals surface area contributed by atoms with Gasteiger partial charge in [-0.2, -0.15) is 0 Å². The fraction of sp³-hybridized carbons (Fsp3) is 0.364. The Labute approximate surface area is 165 Å². The minimum atomic E-state index is -1.11. The number of rotatable bonds is 5. The van der Waals surface area contributed by atoms with Crippen molar-refractivity contribution < 1.29 is 9.18 Å². The van der Waals surface area contributed by atoms with E-state index in [-0.39, 0.29) is 11.9 Å². The zero-order valence-electron chi connectivity index (χ0n) is 16.8. The van der Waals surface area contributed by atoms with Gasteiger partial charge in [0.25, 0.3) is 0 Å². The summed E-state index contributed by atoms with van der Waals surface area (Å²) in [6.45, 7) is 6.02. The number of anilines is 1. The Hall–Kier alpha value is -2.89. The Morgan fingerprint density at radius 3 is 2.50 bits per heavy atom. The van der Waals surface area contributed by atoms with E-state index in [9.17, 15) is 9.18 Å². The molecule has 0 aromatic heterocycles. The molecule has 3 rings (SSSR count). The molecular formula is C22H27FN4O. The smallest absolute Gasteiger partial charge is 0.237 e. The molecule has 0 spiro atoms. The number of hydrogen-bond acceptors (Lipinski definition) is 4. The van der Waals surface area contributed by atoms with Gasteiger partial charge in [-0.05, 0) is 51.0 Å². The highest BCUT2D eigenvalue weighted by atomic mass is 19.1. The van der Waals surface area contributed by atoms with Gasteiger partial charge in [0.2, 0.25) is 5.91 Å². The maximum atomic E-state index is 14.8. The number of carbonyl (C=O) groups excluding carboxylic acids is 1. The van der Waals surface area contributed by atoms with Gasteiger partial charge in [-0.3, -0.25) is 9.69 Å². The lowest BCUT2D eigenvalue weighted by Gasteiger charge is -2.46. The fourth-order valence-electron chi connectivity index (χ4n) is 3.58. The molecule has 1 aliphatic rings. The summed E-state index contributed by atoms with van der Waals surface area (Å²) < 4.78 is 14.8. The molecule has 0 aliphatic carbocycles. The van der Waals surface area contributed by atoms with Gasteiger partial charge in [0, 0.05) is 24.8 Å². The van der Waals surface area contributed by atoms with Crippen LogP contribution in [0.25, 0.3) is 0 Å². The topological polar surface area (TPSA) is 70.7 Å². The first-order valence-electron chi connectivity index (χ1n) is 9.38. The molecule has 1 aliphatic heterocycles. The standard InChI is InChI=1S/C22H27FN4O/c1-21(2)19(28)27(4)20(24)26-22(21,3)17-14-16(10-11-18(17)23)25-13-12-15-8-6-5-7-9-15/h5-11,14,25H,12-13H2,1-4H3,(H2,24,26)/t22-/m1/s1. The van der Waals surface area contributed by atoms with E-state index in [0.717, 1.165) is 12.1 Å². The van der Waals surface area contributed by atoms with Crippen molar-refractivity contribution in [3.05, 3.63) is 65.5 Å².